The van der Waals surface area contributed by atoms with Gasteiger partial charge in [-0.05, 0) is 56.0 Å². The molecule has 0 spiro atoms. The maximum absolute atomic E-state index is 11.6. The average Bonchev–Trinajstić information content (AvgIpc) is 3.35. The summed E-state index contributed by atoms with van der Waals surface area (Å²) >= 11 is 1.43. The molecule has 0 fully saturated rings. The van der Waals surface area contributed by atoms with Crippen molar-refractivity contribution in [3.63, 3.8) is 0 Å². The van der Waals surface area contributed by atoms with Crippen LogP contribution in [0.3, 0.4) is 0 Å². The molecule has 1 aromatic carbocycles. The normalized spacial score (nSPS) is 14.8. The summed E-state index contributed by atoms with van der Waals surface area (Å²) in [7, 11) is 1.33. The molecule has 4 rings (SSSR count). The van der Waals surface area contributed by atoms with E-state index in [2.05, 4.69) is 60.4 Å². The van der Waals surface area contributed by atoms with Crippen molar-refractivity contribution >= 4 is 22.8 Å². The van der Waals surface area contributed by atoms with Crippen LogP contribution in [0.15, 0.2) is 43.0 Å². The number of aromatic nitrogens is 4. The van der Waals surface area contributed by atoms with Gasteiger partial charge in [0.05, 0.1) is 35.7 Å². The van der Waals surface area contributed by atoms with E-state index in [-0.39, 0.29) is 11.6 Å². The highest BCUT2D eigenvalue weighted by atomic mass is 32.2. The predicted molar refractivity (Wildman–Crippen MR) is 141 cm³/mol. The topological polar surface area (TPSA) is 111 Å². The van der Waals surface area contributed by atoms with Gasteiger partial charge < -0.3 is 14.8 Å². The largest absolute Gasteiger partial charge is 0.490 e. The second-order valence-corrected chi connectivity index (χ2v) is 9.50. The molecule has 0 saturated heterocycles. The number of nitrogens with zero attached hydrogens (tertiary/aromatic N) is 4. The van der Waals surface area contributed by atoms with Crippen molar-refractivity contribution in [1.82, 2.24) is 30.6 Å². The molecule has 3 heterocycles. The first-order chi connectivity index (χ1) is 17.4. The summed E-state index contributed by atoms with van der Waals surface area (Å²) in [4.78, 5) is 30.7. The Kier molecular flexibility index (Phi) is 8.04. The van der Waals surface area contributed by atoms with Gasteiger partial charge in [-0.3, -0.25) is 10.3 Å². The fourth-order valence-corrected chi connectivity index (χ4v) is 4.90. The number of rotatable bonds is 8. The number of thioether (sulfide) groups is 1. The molecule has 36 heavy (non-hydrogen) atoms. The summed E-state index contributed by atoms with van der Waals surface area (Å²) in [5.41, 5.74) is 4.82. The predicted octanol–water partition coefficient (Wildman–Crippen LogP) is 5.06. The molecule has 3 aromatic rings. The number of aryl methyl sites for hydroxylation is 2. The third-order valence-corrected chi connectivity index (χ3v) is 6.86. The Labute approximate surface area is 215 Å². The zero-order valence-electron chi connectivity index (χ0n) is 21.0. The Morgan fingerprint density at radius 2 is 1.81 bits per heavy atom. The SMILES string of the molecule is CCC(CC)Oc1cc(C)c(-c2cc(C3=CNC(NC(=O)OC)S3)nc(-c3cnccn3)n2)c(C)c1. The maximum Gasteiger partial charge on any atom is 0.409 e. The van der Waals surface area contributed by atoms with Crippen LogP contribution in [0.1, 0.15) is 43.5 Å². The van der Waals surface area contributed by atoms with Crippen molar-refractivity contribution < 1.29 is 14.3 Å². The fourth-order valence-electron chi connectivity index (χ4n) is 3.99. The first-order valence-corrected chi connectivity index (χ1v) is 12.7. The van der Waals surface area contributed by atoms with Gasteiger partial charge in [-0.1, -0.05) is 25.6 Å². The van der Waals surface area contributed by atoms with Gasteiger partial charge in [0.25, 0.3) is 0 Å². The molecule has 1 atom stereocenters. The van der Waals surface area contributed by atoms with Crippen LogP contribution in [0.4, 0.5) is 4.79 Å². The number of methoxy groups -OCH3 is 1. The molecule has 2 N–H and O–H groups in total. The van der Waals surface area contributed by atoms with Gasteiger partial charge in [0.2, 0.25) is 0 Å². The quantitative estimate of drug-likeness (QED) is 0.433. The van der Waals surface area contributed by atoms with Crippen molar-refractivity contribution in [2.45, 2.75) is 52.1 Å². The van der Waals surface area contributed by atoms with E-state index in [0.29, 0.717) is 17.2 Å². The second-order valence-electron chi connectivity index (χ2n) is 8.35. The molecule has 1 unspecified atom stereocenters. The van der Waals surface area contributed by atoms with E-state index < -0.39 is 6.09 Å². The van der Waals surface area contributed by atoms with Crippen LogP contribution in [0.5, 0.6) is 5.75 Å². The lowest BCUT2D eigenvalue weighted by molar-refractivity contribution is 0.169. The van der Waals surface area contributed by atoms with Crippen molar-refractivity contribution in [3.8, 4) is 28.5 Å². The summed E-state index contributed by atoms with van der Waals surface area (Å²) < 4.78 is 10.9. The minimum atomic E-state index is -0.514. The summed E-state index contributed by atoms with van der Waals surface area (Å²) in [5.74, 6) is 1.33. The molecule has 0 aliphatic carbocycles. The van der Waals surface area contributed by atoms with Crippen molar-refractivity contribution in [2.75, 3.05) is 7.11 Å². The molecule has 0 radical (unpaired) electrons. The number of carbonyl (C=O) groups is 1. The highest BCUT2D eigenvalue weighted by Gasteiger charge is 2.24. The van der Waals surface area contributed by atoms with E-state index in [4.69, 9.17) is 19.4 Å². The minimum absolute atomic E-state index is 0.189. The summed E-state index contributed by atoms with van der Waals surface area (Å²) in [6.07, 6.45) is 8.29. The van der Waals surface area contributed by atoms with Gasteiger partial charge in [-0.15, -0.1) is 0 Å². The van der Waals surface area contributed by atoms with Crippen molar-refractivity contribution in [1.29, 1.82) is 0 Å². The molecule has 0 saturated carbocycles. The Morgan fingerprint density at radius 1 is 1.08 bits per heavy atom. The van der Waals surface area contributed by atoms with Crippen LogP contribution in [-0.4, -0.2) is 44.7 Å². The highest BCUT2D eigenvalue weighted by molar-refractivity contribution is 8.09. The standard InChI is InChI=1S/C26H30N6O3S/c1-6-17(7-2)35-18-10-15(3)23(16(4)11-18)20-12-19(22-14-29-25(36-22)32-26(33)34-5)30-24(31-20)21-13-27-8-9-28-21/h8-14,17,25,29H,6-7H2,1-5H3,(H,32,33). The zero-order chi connectivity index (χ0) is 25.7. The van der Waals surface area contributed by atoms with Crippen LogP contribution in [0, 0.1) is 13.8 Å². The molecule has 0 bridgehead atoms. The number of nitrogens with one attached hydrogen (secondary N) is 2. The van der Waals surface area contributed by atoms with Crippen LogP contribution in [0.2, 0.25) is 0 Å². The molecule has 1 aliphatic rings. The van der Waals surface area contributed by atoms with Gasteiger partial charge >= 0.3 is 6.09 Å². The van der Waals surface area contributed by atoms with E-state index in [1.807, 2.05) is 12.3 Å². The van der Waals surface area contributed by atoms with Gasteiger partial charge in [-0.2, -0.15) is 0 Å². The van der Waals surface area contributed by atoms with Gasteiger partial charge in [0, 0.05) is 24.2 Å². The molecule has 188 valence electrons. The molecule has 10 heteroatoms. The van der Waals surface area contributed by atoms with Crippen LogP contribution >= 0.6 is 11.8 Å². The average molecular weight is 507 g/mol. The van der Waals surface area contributed by atoms with Gasteiger partial charge in [0.1, 0.15) is 11.4 Å². The van der Waals surface area contributed by atoms with Crippen molar-refractivity contribution in [2.24, 2.45) is 0 Å². The fraction of sp³-hybridized carbons (Fsp3) is 0.346. The summed E-state index contributed by atoms with van der Waals surface area (Å²) in [5, 5.41) is 5.86. The van der Waals surface area contributed by atoms with Crippen LogP contribution in [-0.2, 0) is 4.74 Å². The number of benzene rings is 1. The minimum Gasteiger partial charge on any atom is -0.490 e. The van der Waals surface area contributed by atoms with E-state index in [0.717, 1.165) is 45.9 Å². The first-order valence-electron chi connectivity index (χ1n) is 11.8. The number of amides is 1. The lowest BCUT2D eigenvalue weighted by Crippen LogP contribution is -2.38. The molecular formula is C26H30N6O3S. The third-order valence-electron chi connectivity index (χ3n) is 5.79. The monoisotopic (exact) mass is 506 g/mol. The van der Waals surface area contributed by atoms with E-state index in [1.165, 1.54) is 18.9 Å². The van der Waals surface area contributed by atoms with Gasteiger partial charge in [0.15, 0.2) is 11.3 Å². The lowest BCUT2D eigenvalue weighted by Gasteiger charge is -2.19. The maximum atomic E-state index is 11.6. The third kappa shape index (κ3) is 5.76. The molecular weight excluding hydrogens is 476 g/mol. The summed E-state index contributed by atoms with van der Waals surface area (Å²) in [6, 6.07) is 6.08. The number of carbonyl (C=O) groups excluding carboxylic acids is 1. The number of ether oxygens (including phenoxy) is 2. The smallest absolute Gasteiger partial charge is 0.409 e. The van der Waals surface area contributed by atoms with E-state index in [9.17, 15) is 4.79 Å². The number of hydrogen-bond acceptors (Lipinski definition) is 9. The molecule has 2 aromatic heterocycles. The van der Waals surface area contributed by atoms with Crippen LogP contribution < -0.4 is 15.4 Å². The molecule has 9 nitrogen and oxygen atoms in total. The Bertz CT molecular complexity index is 1240. The molecule has 1 amide bonds. The molecule has 1 aliphatic heterocycles. The number of alkyl carbamates (subject to hydrolysis) is 1. The Balaban J connectivity index is 1.74. The van der Waals surface area contributed by atoms with E-state index in [1.54, 1.807) is 18.6 Å². The highest BCUT2D eigenvalue weighted by Crippen LogP contribution is 2.37. The Hall–Kier alpha value is -3.66. The van der Waals surface area contributed by atoms with E-state index >= 15 is 0 Å². The lowest BCUT2D eigenvalue weighted by atomic mass is 9.98. The Morgan fingerprint density at radius 3 is 2.44 bits per heavy atom. The second kappa shape index (κ2) is 11.4. The zero-order valence-corrected chi connectivity index (χ0v) is 21.8. The van der Waals surface area contributed by atoms with Crippen molar-refractivity contribution in [3.05, 3.63) is 59.8 Å². The summed E-state index contributed by atoms with van der Waals surface area (Å²) in [6.45, 7) is 8.39. The van der Waals surface area contributed by atoms with Gasteiger partial charge in [-0.25, -0.2) is 19.7 Å². The number of hydrogen-bond donors (Lipinski definition) is 2. The first kappa shape index (κ1) is 25.4. The van der Waals surface area contributed by atoms with Crippen LogP contribution in [0.25, 0.3) is 27.7 Å².